The first-order valence-electron chi connectivity index (χ1n) is 6.33. The first-order chi connectivity index (χ1) is 8.08. The summed E-state index contributed by atoms with van der Waals surface area (Å²) in [5, 5.41) is 19.2. The van der Waals surface area contributed by atoms with Crippen molar-refractivity contribution in [3.63, 3.8) is 0 Å². The van der Waals surface area contributed by atoms with Crippen molar-refractivity contribution < 1.29 is 10.2 Å². The molecule has 3 nitrogen and oxygen atoms in total. The molecule has 0 amide bonds. The van der Waals surface area contributed by atoms with E-state index < -0.39 is 0 Å². The lowest BCUT2D eigenvalue weighted by molar-refractivity contribution is 0.184. The number of nitrogens with zero attached hydrogens (tertiary/aromatic N) is 1. The highest BCUT2D eigenvalue weighted by Crippen LogP contribution is 2.25. The zero-order chi connectivity index (χ0) is 12.8. The molecule has 0 heterocycles. The van der Waals surface area contributed by atoms with Gasteiger partial charge in [-0.1, -0.05) is 6.07 Å². The third-order valence-corrected chi connectivity index (χ3v) is 3.03. The van der Waals surface area contributed by atoms with E-state index in [4.69, 9.17) is 0 Å². The Bertz CT molecular complexity index is 346. The summed E-state index contributed by atoms with van der Waals surface area (Å²) in [6, 6.07) is 5.79. The van der Waals surface area contributed by atoms with Crippen LogP contribution >= 0.6 is 0 Å². The number of hydrogen-bond acceptors (Lipinski definition) is 3. The lowest BCUT2D eigenvalue weighted by Crippen LogP contribution is -2.21. The first-order valence-corrected chi connectivity index (χ1v) is 6.33. The summed E-state index contributed by atoms with van der Waals surface area (Å²) in [5.41, 5.74) is 1.95. The van der Waals surface area contributed by atoms with E-state index in [1.54, 1.807) is 6.92 Å². The fourth-order valence-electron chi connectivity index (χ4n) is 1.91. The molecule has 0 spiro atoms. The maximum Gasteiger partial charge on any atom is 0.120 e. The van der Waals surface area contributed by atoms with Crippen LogP contribution in [0, 0.1) is 0 Å². The molecule has 1 aromatic rings. The number of benzene rings is 1. The van der Waals surface area contributed by atoms with Crippen molar-refractivity contribution in [1.82, 2.24) is 0 Å². The van der Waals surface area contributed by atoms with E-state index in [-0.39, 0.29) is 6.10 Å². The average molecular weight is 237 g/mol. The van der Waals surface area contributed by atoms with Gasteiger partial charge in [-0.15, -0.1) is 0 Å². The highest BCUT2D eigenvalue weighted by molar-refractivity contribution is 5.53. The summed E-state index contributed by atoms with van der Waals surface area (Å²) in [6.45, 7) is 7.83. The first kappa shape index (κ1) is 13.8. The lowest BCUT2D eigenvalue weighted by Gasteiger charge is -2.21. The van der Waals surface area contributed by atoms with Gasteiger partial charge < -0.3 is 15.1 Å². The molecule has 0 aliphatic rings. The second-order valence-electron chi connectivity index (χ2n) is 4.37. The molecule has 0 saturated carbocycles. The summed E-state index contributed by atoms with van der Waals surface area (Å²) < 4.78 is 0. The Morgan fingerprint density at radius 3 is 2.35 bits per heavy atom. The van der Waals surface area contributed by atoms with Gasteiger partial charge in [0.25, 0.3) is 0 Å². The molecule has 0 saturated heterocycles. The monoisotopic (exact) mass is 237 g/mol. The Hall–Kier alpha value is -1.22. The number of phenols is 1. The molecular formula is C14H23NO2. The lowest BCUT2D eigenvalue weighted by atomic mass is 10.1. The Kier molecular flexibility index (Phi) is 5.29. The van der Waals surface area contributed by atoms with Gasteiger partial charge in [-0.2, -0.15) is 0 Å². The fourth-order valence-corrected chi connectivity index (χ4v) is 1.91. The van der Waals surface area contributed by atoms with E-state index in [1.165, 1.54) is 0 Å². The molecule has 0 radical (unpaired) electrons. The summed E-state index contributed by atoms with van der Waals surface area (Å²) in [4.78, 5) is 2.19. The normalized spacial score (nSPS) is 12.5. The van der Waals surface area contributed by atoms with Crippen molar-refractivity contribution in [3.05, 3.63) is 23.8 Å². The largest absolute Gasteiger partial charge is 0.508 e. The Balaban J connectivity index is 2.78. The van der Waals surface area contributed by atoms with Gasteiger partial charge in [-0.05, 0) is 45.2 Å². The third kappa shape index (κ3) is 3.93. The number of rotatable bonds is 6. The van der Waals surface area contributed by atoms with Gasteiger partial charge in [0.15, 0.2) is 0 Å². The number of aliphatic hydroxyl groups is 1. The molecule has 1 atom stereocenters. The number of anilines is 1. The van der Waals surface area contributed by atoms with Crippen LogP contribution in [0.3, 0.4) is 0 Å². The van der Waals surface area contributed by atoms with Crippen LogP contribution in [0.25, 0.3) is 0 Å². The Morgan fingerprint density at radius 1 is 1.24 bits per heavy atom. The van der Waals surface area contributed by atoms with E-state index in [2.05, 4.69) is 18.7 Å². The zero-order valence-electron chi connectivity index (χ0n) is 11.0. The Labute approximate surface area is 104 Å². The Morgan fingerprint density at radius 2 is 1.88 bits per heavy atom. The van der Waals surface area contributed by atoms with Gasteiger partial charge in [-0.25, -0.2) is 0 Å². The number of aromatic hydroxyl groups is 1. The molecule has 2 N–H and O–H groups in total. The minimum Gasteiger partial charge on any atom is -0.508 e. The number of aliphatic hydroxyl groups excluding tert-OH is 1. The minimum absolute atomic E-state index is 0.322. The minimum atomic E-state index is -0.322. The van der Waals surface area contributed by atoms with E-state index in [0.29, 0.717) is 18.6 Å². The second-order valence-corrected chi connectivity index (χ2v) is 4.37. The fraction of sp³-hybridized carbons (Fsp3) is 0.571. The molecule has 17 heavy (non-hydrogen) atoms. The number of phenolic OH excluding ortho intramolecular Hbond substituents is 1. The molecule has 1 rings (SSSR count). The highest BCUT2D eigenvalue weighted by Gasteiger charge is 2.07. The molecular weight excluding hydrogens is 214 g/mol. The maximum absolute atomic E-state index is 9.94. The quantitative estimate of drug-likeness (QED) is 0.799. The molecule has 0 aliphatic carbocycles. The van der Waals surface area contributed by atoms with Gasteiger partial charge in [0, 0.05) is 24.8 Å². The average Bonchev–Trinajstić information content (AvgIpc) is 2.29. The molecule has 0 aromatic heterocycles. The zero-order valence-corrected chi connectivity index (χ0v) is 11.0. The summed E-state index contributed by atoms with van der Waals surface area (Å²) in [6.07, 6.45) is 1.07. The molecule has 0 unspecified atom stereocenters. The summed E-state index contributed by atoms with van der Waals surface area (Å²) >= 11 is 0. The van der Waals surface area contributed by atoms with E-state index >= 15 is 0 Å². The van der Waals surface area contributed by atoms with Gasteiger partial charge in [0.05, 0.1) is 6.10 Å². The van der Waals surface area contributed by atoms with Crippen LogP contribution in [-0.4, -0.2) is 29.4 Å². The van der Waals surface area contributed by atoms with Gasteiger partial charge in [0.1, 0.15) is 5.75 Å². The third-order valence-electron chi connectivity index (χ3n) is 3.03. The maximum atomic E-state index is 9.94. The van der Waals surface area contributed by atoms with E-state index in [0.717, 1.165) is 24.3 Å². The summed E-state index contributed by atoms with van der Waals surface area (Å²) in [5.74, 6) is 0.329. The van der Waals surface area contributed by atoms with Crippen LogP contribution in [0.4, 0.5) is 5.69 Å². The van der Waals surface area contributed by atoms with Gasteiger partial charge in [0.2, 0.25) is 0 Å². The molecule has 0 aliphatic heterocycles. The predicted molar refractivity (Wildman–Crippen MR) is 71.7 cm³/mol. The highest BCUT2D eigenvalue weighted by atomic mass is 16.3. The van der Waals surface area contributed by atoms with Gasteiger partial charge >= 0.3 is 0 Å². The smallest absolute Gasteiger partial charge is 0.120 e. The van der Waals surface area contributed by atoms with Crippen molar-refractivity contribution in [3.8, 4) is 5.75 Å². The van der Waals surface area contributed by atoms with Crippen molar-refractivity contribution in [1.29, 1.82) is 0 Å². The topological polar surface area (TPSA) is 43.7 Å². The second kappa shape index (κ2) is 6.50. The SMILES string of the molecule is CCN(CC)c1ccc(CC[C@H](C)O)c(O)c1. The standard InChI is InChI=1S/C14H23NO2/c1-4-15(5-2)13-9-8-12(14(17)10-13)7-6-11(3)16/h8-11,16-17H,4-7H2,1-3H3/t11-/m0/s1. The predicted octanol–water partition coefficient (Wildman–Crippen LogP) is 2.55. The van der Waals surface area contributed by atoms with Crippen LogP contribution in [0.5, 0.6) is 5.75 Å². The molecule has 0 fully saturated rings. The molecule has 1 aromatic carbocycles. The summed E-state index contributed by atoms with van der Waals surface area (Å²) in [7, 11) is 0. The number of hydrogen-bond donors (Lipinski definition) is 2. The van der Waals surface area contributed by atoms with E-state index in [9.17, 15) is 10.2 Å². The number of aryl methyl sites for hydroxylation is 1. The van der Waals surface area contributed by atoms with Crippen LogP contribution in [0.1, 0.15) is 32.8 Å². The van der Waals surface area contributed by atoms with E-state index in [1.807, 2.05) is 18.2 Å². The van der Waals surface area contributed by atoms with Crippen molar-refractivity contribution in [2.45, 2.75) is 39.7 Å². The van der Waals surface area contributed by atoms with Crippen LogP contribution < -0.4 is 4.90 Å². The molecule has 3 heteroatoms. The molecule has 0 bridgehead atoms. The molecule has 96 valence electrons. The van der Waals surface area contributed by atoms with Crippen molar-refractivity contribution in [2.24, 2.45) is 0 Å². The van der Waals surface area contributed by atoms with Crippen molar-refractivity contribution >= 4 is 5.69 Å². The van der Waals surface area contributed by atoms with Crippen LogP contribution in [0.15, 0.2) is 18.2 Å². The van der Waals surface area contributed by atoms with Crippen molar-refractivity contribution in [2.75, 3.05) is 18.0 Å². The van der Waals surface area contributed by atoms with Crippen LogP contribution in [-0.2, 0) is 6.42 Å². The van der Waals surface area contributed by atoms with Crippen LogP contribution in [0.2, 0.25) is 0 Å². The van der Waals surface area contributed by atoms with Gasteiger partial charge in [-0.3, -0.25) is 0 Å².